The summed E-state index contributed by atoms with van der Waals surface area (Å²) in [5.41, 5.74) is 1.08. The Kier molecular flexibility index (Phi) is 6.18. The van der Waals surface area contributed by atoms with Crippen LogP contribution in [0.1, 0.15) is 26.7 Å². The molecule has 1 N–H and O–H groups in total. The van der Waals surface area contributed by atoms with E-state index in [0.29, 0.717) is 19.6 Å². The Morgan fingerprint density at radius 1 is 1.55 bits per heavy atom. The van der Waals surface area contributed by atoms with E-state index in [0.717, 1.165) is 12.0 Å². The minimum Gasteiger partial charge on any atom is -0.390 e. The molecule has 0 heterocycles. The van der Waals surface area contributed by atoms with E-state index in [9.17, 15) is 5.11 Å². The minimum absolute atomic E-state index is 0.373. The fourth-order valence-electron chi connectivity index (χ4n) is 0.790. The van der Waals surface area contributed by atoms with E-state index in [1.54, 1.807) is 0 Å². The number of aliphatic hydroxyl groups is 1. The zero-order valence-corrected chi connectivity index (χ0v) is 7.47. The highest BCUT2D eigenvalue weighted by molar-refractivity contribution is 4.94. The van der Waals surface area contributed by atoms with Crippen LogP contribution in [0.15, 0.2) is 12.2 Å². The first-order chi connectivity index (χ1) is 5.20. The predicted octanol–water partition coefficient (Wildman–Crippen LogP) is 1.74. The van der Waals surface area contributed by atoms with Gasteiger partial charge in [-0.25, -0.2) is 0 Å². The first-order valence-electron chi connectivity index (χ1n) is 4.13. The van der Waals surface area contributed by atoms with Crippen molar-refractivity contribution in [1.29, 1.82) is 0 Å². The van der Waals surface area contributed by atoms with Crippen molar-refractivity contribution in [3.05, 3.63) is 12.2 Å². The summed E-state index contributed by atoms with van der Waals surface area (Å²) < 4.78 is 5.05. The Morgan fingerprint density at radius 2 is 2.18 bits per heavy atom. The Labute approximate surface area is 68.9 Å². The molecule has 2 nitrogen and oxygen atoms in total. The van der Waals surface area contributed by atoms with Crippen molar-refractivity contribution in [3.63, 3.8) is 0 Å². The molecule has 0 rings (SSSR count). The van der Waals surface area contributed by atoms with Gasteiger partial charge < -0.3 is 9.84 Å². The molecule has 0 aromatic heterocycles. The summed E-state index contributed by atoms with van der Waals surface area (Å²) >= 11 is 0. The van der Waals surface area contributed by atoms with Gasteiger partial charge in [-0.3, -0.25) is 0 Å². The molecule has 11 heavy (non-hydrogen) atoms. The second-order valence-electron chi connectivity index (χ2n) is 2.62. The molecule has 1 atom stereocenters. The van der Waals surface area contributed by atoms with Gasteiger partial charge in [0.05, 0.1) is 12.7 Å². The lowest BCUT2D eigenvalue weighted by molar-refractivity contribution is 0.0427. The molecule has 0 radical (unpaired) electrons. The highest BCUT2D eigenvalue weighted by Gasteiger charge is 2.04. The van der Waals surface area contributed by atoms with E-state index in [1.165, 1.54) is 0 Å². The van der Waals surface area contributed by atoms with Gasteiger partial charge in [0.15, 0.2) is 0 Å². The summed E-state index contributed by atoms with van der Waals surface area (Å²) in [6, 6.07) is 0. The lowest BCUT2D eigenvalue weighted by Crippen LogP contribution is -2.15. The van der Waals surface area contributed by atoms with Crippen molar-refractivity contribution in [2.75, 3.05) is 13.2 Å². The van der Waals surface area contributed by atoms with Gasteiger partial charge in [-0.2, -0.15) is 0 Å². The molecule has 0 saturated heterocycles. The Balaban J connectivity index is 3.35. The fourth-order valence-corrected chi connectivity index (χ4v) is 0.790. The largest absolute Gasteiger partial charge is 0.390 e. The number of rotatable bonds is 6. The van der Waals surface area contributed by atoms with Crippen molar-refractivity contribution in [3.8, 4) is 0 Å². The predicted molar refractivity (Wildman–Crippen MR) is 46.5 cm³/mol. The van der Waals surface area contributed by atoms with Crippen LogP contribution < -0.4 is 0 Å². The molecule has 0 bridgehead atoms. The zero-order valence-electron chi connectivity index (χ0n) is 7.47. The Morgan fingerprint density at radius 3 is 2.64 bits per heavy atom. The number of hydrogen-bond acceptors (Lipinski definition) is 2. The van der Waals surface area contributed by atoms with E-state index in [-0.39, 0.29) is 6.10 Å². The van der Waals surface area contributed by atoms with Crippen LogP contribution in [0.2, 0.25) is 0 Å². The van der Waals surface area contributed by atoms with Gasteiger partial charge in [0.1, 0.15) is 0 Å². The van der Waals surface area contributed by atoms with Crippen LogP contribution in [0.4, 0.5) is 0 Å². The molecule has 0 spiro atoms. The minimum atomic E-state index is -0.373. The van der Waals surface area contributed by atoms with Crippen LogP contribution in [-0.2, 0) is 4.74 Å². The summed E-state index contributed by atoms with van der Waals surface area (Å²) in [5.74, 6) is 0. The average Bonchev–Trinajstić information content (AvgIpc) is 2.00. The maximum absolute atomic E-state index is 9.30. The number of ether oxygens (including phenoxy) is 1. The molecule has 2 heteroatoms. The van der Waals surface area contributed by atoms with E-state index < -0.39 is 0 Å². The van der Waals surface area contributed by atoms with Crippen molar-refractivity contribution in [2.45, 2.75) is 32.8 Å². The second kappa shape index (κ2) is 6.38. The van der Waals surface area contributed by atoms with Crippen molar-refractivity contribution in [2.24, 2.45) is 0 Å². The third kappa shape index (κ3) is 6.07. The maximum atomic E-state index is 9.30. The lowest BCUT2D eigenvalue weighted by Gasteiger charge is -2.10. The monoisotopic (exact) mass is 158 g/mol. The van der Waals surface area contributed by atoms with Crippen molar-refractivity contribution in [1.82, 2.24) is 0 Å². The summed E-state index contributed by atoms with van der Waals surface area (Å²) in [4.78, 5) is 0. The molecule has 0 aliphatic rings. The van der Waals surface area contributed by atoms with Crippen LogP contribution in [-0.4, -0.2) is 24.4 Å². The number of aliphatic hydroxyl groups excluding tert-OH is 1. The van der Waals surface area contributed by atoms with E-state index >= 15 is 0 Å². The molecular weight excluding hydrogens is 140 g/mol. The summed E-state index contributed by atoms with van der Waals surface area (Å²) in [6.07, 6.45) is 1.22. The lowest BCUT2D eigenvalue weighted by atomic mass is 10.1. The van der Waals surface area contributed by atoms with Gasteiger partial charge in [-0.05, 0) is 19.8 Å². The highest BCUT2D eigenvalue weighted by atomic mass is 16.5. The molecule has 0 aromatic rings. The smallest absolute Gasteiger partial charge is 0.0810 e. The van der Waals surface area contributed by atoms with E-state index in [4.69, 9.17) is 4.74 Å². The van der Waals surface area contributed by atoms with Gasteiger partial charge >= 0.3 is 0 Å². The summed E-state index contributed by atoms with van der Waals surface area (Å²) in [6.45, 7) is 8.85. The molecular formula is C9H18O2. The van der Waals surface area contributed by atoms with E-state index in [1.807, 2.05) is 13.8 Å². The molecule has 1 unspecified atom stereocenters. The first-order valence-corrected chi connectivity index (χ1v) is 4.13. The second-order valence-corrected chi connectivity index (χ2v) is 2.62. The number of hydrogen-bond donors (Lipinski definition) is 1. The molecule has 0 aliphatic carbocycles. The topological polar surface area (TPSA) is 29.5 Å². The fraction of sp³-hybridized carbons (Fsp3) is 0.778. The standard InChI is InChI=1S/C9H18O2/c1-4-8(3)6-9(10)7-11-5-2/h9-10H,3-7H2,1-2H3. The quantitative estimate of drug-likeness (QED) is 0.597. The summed E-state index contributed by atoms with van der Waals surface area (Å²) in [5, 5.41) is 9.30. The zero-order chi connectivity index (χ0) is 8.69. The maximum Gasteiger partial charge on any atom is 0.0810 e. The molecule has 0 aromatic carbocycles. The van der Waals surface area contributed by atoms with Gasteiger partial charge in [-0.15, -0.1) is 0 Å². The normalized spacial score (nSPS) is 13.0. The molecule has 66 valence electrons. The van der Waals surface area contributed by atoms with Crippen LogP contribution in [0.25, 0.3) is 0 Å². The van der Waals surface area contributed by atoms with E-state index in [2.05, 4.69) is 6.58 Å². The van der Waals surface area contributed by atoms with Crippen molar-refractivity contribution >= 4 is 0 Å². The van der Waals surface area contributed by atoms with Crippen LogP contribution in [0.5, 0.6) is 0 Å². The molecule has 0 amide bonds. The van der Waals surface area contributed by atoms with Gasteiger partial charge in [0.2, 0.25) is 0 Å². The molecule has 0 fully saturated rings. The third-order valence-corrected chi connectivity index (χ3v) is 1.54. The Bertz CT molecular complexity index is 110. The highest BCUT2D eigenvalue weighted by Crippen LogP contribution is 2.06. The Hall–Kier alpha value is -0.340. The first kappa shape index (κ1) is 10.7. The summed E-state index contributed by atoms with van der Waals surface area (Å²) in [7, 11) is 0. The molecule has 0 aliphatic heterocycles. The molecule has 0 saturated carbocycles. The van der Waals surface area contributed by atoms with Crippen molar-refractivity contribution < 1.29 is 9.84 Å². The van der Waals surface area contributed by atoms with Gasteiger partial charge in [-0.1, -0.05) is 19.1 Å². The SMILES string of the molecule is C=C(CC)CC(O)COCC. The van der Waals surface area contributed by atoms with Gasteiger partial charge in [0, 0.05) is 6.61 Å². The van der Waals surface area contributed by atoms with Crippen LogP contribution >= 0.6 is 0 Å². The average molecular weight is 158 g/mol. The third-order valence-electron chi connectivity index (χ3n) is 1.54. The van der Waals surface area contributed by atoms with Crippen LogP contribution in [0.3, 0.4) is 0 Å². The van der Waals surface area contributed by atoms with Gasteiger partial charge in [0.25, 0.3) is 0 Å². The van der Waals surface area contributed by atoms with Crippen LogP contribution in [0, 0.1) is 0 Å².